The molecule has 1 aromatic heterocycles. The maximum Gasteiger partial charge on any atom is 0.417 e. The molecule has 0 bridgehead atoms. The first kappa shape index (κ1) is 18.8. The standard InChI is InChI=1S/C18H12F6N2O/c1-27-12-6-7-15-13(8-12)14(18(22,23)24)9-16(26-15)25-11-4-2-10(3-5-11)17(19,20)21/h2-9H,1H3,(H,25,26). The molecule has 0 aliphatic rings. The van der Waals surface area contributed by atoms with Crippen LogP contribution in [-0.2, 0) is 12.4 Å². The minimum absolute atomic E-state index is 0.0695. The number of ether oxygens (including phenoxy) is 1. The molecule has 0 unspecified atom stereocenters. The van der Waals surface area contributed by atoms with Crippen molar-refractivity contribution in [2.45, 2.75) is 12.4 Å². The Balaban J connectivity index is 2.02. The normalized spacial score (nSPS) is 12.3. The van der Waals surface area contributed by atoms with E-state index in [0.29, 0.717) is 0 Å². The second-order valence-electron chi connectivity index (χ2n) is 5.64. The molecular weight excluding hydrogens is 374 g/mol. The van der Waals surface area contributed by atoms with Crippen molar-refractivity contribution in [1.29, 1.82) is 0 Å². The van der Waals surface area contributed by atoms with Crippen LogP contribution in [0.1, 0.15) is 11.1 Å². The van der Waals surface area contributed by atoms with Gasteiger partial charge < -0.3 is 10.1 Å². The Morgan fingerprint density at radius 3 is 2.07 bits per heavy atom. The predicted molar refractivity (Wildman–Crippen MR) is 88.0 cm³/mol. The largest absolute Gasteiger partial charge is 0.497 e. The zero-order valence-corrected chi connectivity index (χ0v) is 13.7. The fraction of sp³-hybridized carbons (Fsp3) is 0.167. The summed E-state index contributed by atoms with van der Waals surface area (Å²) in [6.45, 7) is 0. The lowest BCUT2D eigenvalue weighted by molar-refractivity contribution is -0.138. The van der Waals surface area contributed by atoms with Crippen LogP contribution >= 0.6 is 0 Å². The first-order valence-electron chi connectivity index (χ1n) is 7.58. The van der Waals surface area contributed by atoms with Crippen molar-refractivity contribution in [2.75, 3.05) is 12.4 Å². The number of methoxy groups -OCH3 is 1. The molecule has 0 saturated heterocycles. The van der Waals surface area contributed by atoms with Gasteiger partial charge in [0.05, 0.1) is 23.8 Å². The quantitative estimate of drug-likeness (QED) is 0.559. The number of benzene rings is 2. The summed E-state index contributed by atoms with van der Waals surface area (Å²) in [5.74, 6) is 0.109. The fourth-order valence-corrected chi connectivity index (χ4v) is 2.52. The predicted octanol–water partition coefficient (Wildman–Crippen LogP) is 6.02. The molecular formula is C18H12F6N2O. The Morgan fingerprint density at radius 2 is 1.52 bits per heavy atom. The van der Waals surface area contributed by atoms with Crippen LogP contribution in [0.2, 0.25) is 0 Å². The monoisotopic (exact) mass is 386 g/mol. The molecule has 0 amide bonds. The van der Waals surface area contributed by atoms with Crippen molar-refractivity contribution in [3.05, 3.63) is 59.7 Å². The summed E-state index contributed by atoms with van der Waals surface area (Å²) in [6, 6.07) is 8.79. The van der Waals surface area contributed by atoms with Crippen molar-refractivity contribution in [1.82, 2.24) is 4.98 Å². The number of hydrogen-bond donors (Lipinski definition) is 1. The summed E-state index contributed by atoms with van der Waals surface area (Å²) < 4.78 is 83.1. The number of halogens is 6. The summed E-state index contributed by atoms with van der Waals surface area (Å²) in [5.41, 5.74) is -1.54. The highest BCUT2D eigenvalue weighted by molar-refractivity contribution is 5.86. The van der Waals surface area contributed by atoms with Crippen LogP contribution in [0.15, 0.2) is 48.5 Å². The van der Waals surface area contributed by atoms with Crippen LogP contribution in [0.25, 0.3) is 10.9 Å². The van der Waals surface area contributed by atoms with Crippen LogP contribution in [0, 0.1) is 0 Å². The number of fused-ring (bicyclic) bond motifs is 1. The van der Waals surface area contributed by atoms with E-state index in [-0.39, 0.29) is 28.2 Å². The van der Waals surface area contributed by atoms with Gasteiger partial charge in [-0.3, -0.25) is 0 Å². The molecule has 9 heteroatoms. The average molecular weight is 386 g/mol. The molecule has 1 N–H and O–H groups in total. The third-order valence-electron chi connectivity index (χ3n) is 3.81. The van der Waals surface area contributed by atoms with Gasteiger partial charge in [-0.1, -0.05) is 0 Å². The Bertz CT molecular complexity index is 964. The van der Waals surface area contributed by atoms with E-state index >= 15 is 0 Å². The van der Waals surface area contributed by atoms with Crippen molar-refractivity contribution in [3.63, 3.8) is 0 Å². The van der Waals surface area contributed by atoms with Crippen molar-refractivity contribution >= 4 is 22.4 Å². The number of aromatic nitrogens is 1. The molecule has 1 heterocycles. The molecule has 3 nitrogen and oxygen atoms in total. The fourth-order valence-electron chi connectivity index (χ4n) is 2.52. The number of alkyl halides is 6. The van der Waals surface area contributed by atoms with Gasteiger partial charge in [0, 0.05) is 11.1 Å². The smallest absolute Gasteiger partial charge is 0.417 e. The lowest BCUT2D eigenvalue weighted by Crippen LogP contribution is -2.08. The Morgan fingerprint density at radius 1 is 0.852 bits per heavy atom. The molecule has 3 aromatic rings. The Hall–Kier alpha value is -2.97. The summed E-state index contributed by atoms with van der Waals surface area (Å²) in [6.07, 6.45) is -9.15. The van der Waals surface area contributed by atoms with E-state index in [2.05, 4.69) is 10.3 Å². The summed E-state index contributed by atoms with van der Waals surface area (Å²) >= 11 is 0. The number of hydrogen-bond acceptors (Lipinski definition) is 3. The molecule has 0 aliphatic carbocycles. The minimum atomic E-state index is -4.65. The zero-order valence-electron chi connectivity index (χ0n) is 13.7. The molecule has 2 aromatic carbocycles. The summed E-state index contributed by atoms with van der Waals surface area (Å²) in [5, 5.41) is 2.47. The number of anilines is 2. The van der Waals surface area contributed by atoms with E-state index < -0.39 is 23.5 Å². The van der Waals surface area contributed by atoms with Crippen LogP contribution in [-0.4, -0.2) is 12.1 Å². The lowest BCUT2D eigenvalue weighted by atomic mass is 10.1. The third-order valence-corrected chi connectivity index (χ3v) is 3.81. The first-order chi connectivity index (χ1) is 12.6. The maximum atomic E-state index is 13.4. The average Bonchev–Trinajstić information content (AvgIpc) is 2.59. The van der Waals surface area contributed by atoms with E-state index in [1.54, 1.807) is 0 Å². The van der Waals surface area contributed by atoms with E-state index in [0.717, 1.165) is 30.3 Å². The van der Waals surface area contributed by atoms with Crippen LogP contribution in [0.3, 0.4) is 0 Å². The second-order valence-corrected chi connectivity index (χ2v) is 5.64. The molecule has 142 valence electrons. The zero-order chi connectivity index (χ0) is 19.8. The highest BCUT2D eigenvalue weighted by atomic mass is 19.4. The first-order valence-corrected chi connectivity index (χ1v) is 7.58. The molecule has 0 aliphatic heterocycles. The van der Waals surface area contributed by atoms with E-state index in [1.807, 2.05) is 0 Å². The van der Waals surface area contributed by atoms with Gasteiger partial charge in [0.2, 0.25) is 0 Å². The molecule has 0 saturated carbocycles. The van der Waals surface area contributed by atoms with Crippen molar-refractivity contribution < 1.29 is 31.1 Å². The van der Waals surface area contributed by atoms with Crippen LogP contribution < -0.4 is 10.1 Å². The van der Waals surface area contributed by atoms with Gasteiger partial charge in [-0.05, 0) is 48.5 Å². The van der Waals surface area contributed by atoms with Gasteiger partial charge in [0.1, 0.15) is 11.6 Å². The van der Waals surface area contributed by atoms with Gasteiger partial charge in [0.15, 0.2) is 0 Å². The number of nitrogens with zero attached hydrogens (tertiary/aromatic N) is 1. The molecule has 3 rings (SSSR count). The molecule has 0 spiro atoms. The second kappa shape index (κ2) is 6.64. The van der Waals surface area contributed by atoms with Crippen LogP contribution in [0.4, 0.5) is 37.8 Å². The highest BCUT2D eigenvalue weighted by Crippen LogP contribution is 2.38. The van der Waals surface area contributed by atoms with Crippen molar-refractivity contribution in [3.8, 4) is 5.75 Å². The van der Waals surface area contributed by atoms with Crippen molar-refractivity contribution in [2.24, 2.45) is 0 Å². The molecule has 0 fully saturated rings. The van der Waals surface area contributed by atoms with E-state index in [1.165, 1.54) is 25.3 Å². The SMILES string of the molecule is COc1ccc2nc(Nc3ccc(C(F)(F)F)cc3)cc(C(F)(F)F)c2c1. The number of rotatable bonds is 3. The minimum Gasteiger partial charge on any atom is -0.497 e. The summed E-state index contributed by atoms with van der Waals surface area (Å²) in [4.78, 5) is 4.10. The lowest BCUT2D eigenvalue weighted by Gasteiger charge is -2.14. The highest BCUT2D eigenvalue weighted by Gasteiger charge is 2.34. The number of nitrogens with one attached hydrogen (secondary N) is 1. The Labute approximate surface area is 149 Å². The Kier molecular flexibility index (Phi) is 4.63. The van der Waals surface area contributed by atoms with Gasteiger partial charge >= 0.3 is 12.4 Å². The molecule has 27 heavy (non-hydrogen) atoms. The van der Waals surface area contributed by atoms with E-state index in [4.69, 9.17) is 4.74 Å². The molecule has 0 radical (unpaired) electrons. The topological polar surface area (TPSA) is 34.1 Å². The maximum absolute atomic E-state index is 13.4. The third kappa shape index (κ3) is 4.07. The molecule has 0 atom stereocenters. The van der Waals surface area contributed by atoms with Gasteiger partial charge in [0.25, 0.3) is 0 Å². The van der Waals surface area contributed by atoms with Gasteiger partial charge in [-0.15, -0.1) is 0 Å². The summed E-state index contributed by atoms with van der Waals surface area (Å²) in [7, 11) is 1.34. The van der Waals surface area contributed by atoms with Crippen LogP contribution in [0.5, 0.6) is 5.75 Å². The van der Waals surface area contributed by atoms with Gasteiger partial charge in [-0.25, -0.2) is 4.98 Å². The van der Waals surface area contributed by atoms with E-state index in [9.17, 15) is 26.3 Å². The van der Waals surface area contributed by atoms with Gasteiger partial charge in [-0.2, -0.15) is 26.3 Å². The number of pyridine rings is 1.